The Morgan fingerprint density at radius 1 is 1.53 bits per heavy atom. The first kappa shape index (κ1) is 12.5. The zero-order valence-electron chi connectivity index (χ0n) is 10.2. The fraction of sp³-hybridized carbons (Fsp3) is 0.417. The van der Waals surface area contributed by atoms with Gasteiger partial charge in [0, 0.05) is 28.9 Å². The van der Waals surface area contributed by atoms with Gasteiger partial charge in [0.25, 0.3) is 0 Å². The van der Waals surface area contributed by atoms with E-state index >= 15 is 0 Å². The Hall–Kier alpha value is -0.940. The summed E-state index contributed by atoms with van der Waals surface area (Å²) < 4.78 is 14.2. The highest BCUT2D eigenvalue weighted by Gasteiger charge is 2.11. The van der Waals surface area contributed by atoms with Gasteiger partial charge in [-0.15, -0.1) is 0 Å². The van der Waals surface area contributed by atoms with E-state index in [1.54, 1.807) is 6.26 Å². The van der Waals surface area contributed by atoms with Crippen LogP contribution in [0.1, 0.15) is 12.5 Å². The minimum absolute atomic E-state index is 0.0983. The molecule has 0 aliphatic carbocycles. The van der Waals surface area contributed by atoms with Gasteiger partial charge < -0.3 is 9.55 Å². The van der Waals surface area contributed by atoms with Gasteiger partial charge in [-0.2, -0.15) is 0 Å². The van der Waals surface area contributed by atoms with Crippen LogP contribution in [-0.2, 0) is 17.3 Å². The average molecular weight is 268 g/mol. The Bertz CT molecular complexity index is 627. The van der Waals surface area contributed by atoms with Crippen LogP contribution >= 0.6 is 12.2 Å². The lowest BCUT2D eigenvalue weighted by Gasteiger charge is -2.10. The van der Waals surface area contributed by atoms with Crippen molar-refractivity contribution >= 4 is 34.1 Å². The second-order valence-electron chi connectivity index (χ2n) is 4.32. The quantitative estimate of drug-likeness (QED) is 0.869. The maximum atomic E-state index is 11.4. The molecule has 1 aromatic heterocycles. The number of fused-ring (bicyclic) bond motifs is 1. The van der Waals surface area contributed by atoms with E-state index in [0.29, 0.717) is 11.3 Å². The van der Waals surface area contributed by atoms with Crippen LogP contribution in [0.3, 0.4) is 0 Å². The van der Waals surface area contributed by atoms with E-state index in [9.17, 15) is 4.21 Å². The molecule has 17 heavy (non-hydrogen) atoms. The summed E-state index contributed by atoms with van der Waals surface area (Å²) in [7, 11) is -0.832. The predicted molar refractivity (Wildman–Crippen MR) is 75.4 cm³/mol. The summed E-state index contributed by atoms with van der Waals surface area (Å²) in [5.41, 5.74) is 3.34. The molecule has 1 heterocycles. The fourth-order valence-electron chi connectivity index (χ4n) is 1.87. The van der Waals surface area contributed by atoms with Crippen LogP contribution in [0.5, 0.6) is 0 Å². The molecule has 3 nitrogen and oxygen atoms in total. The fourth-order valence-corrected chi connectivity index (χ4v) is 2.50. The average Bonchev–Trinajstić information content (AvgIpc) is 2.58. The summed E-state index contributed by atoms with van der Waals surface area (Å²) in [6, 6.07) is 6.11. The molecule has 2 atom stereocenters. The van der Waals surface area contributed by atoms with Crippen LogP contribution in [0.25, 0.3) is 11.0 Å². The standard InChI is InChI=1S/C12H16N2OS2/c1-8-5-4-6-10-11(8)13-12(16)14(10)7-9(2)17(3)15/h4-6,9H,7H2,1-3H3,(H,13,16). The summed E-state index contributed by atoms with van der Waals surface area (Å²) in [5.74, 6) is 0. The monoisotopic (exact) mass is 268 g/mol. The number of aromatic nitrogens is 2. The molecule has 0 aliphatic heterocycles. The van der Waals surface area contributed by atoms with E-state index in [4.69, 9.17) is 12.2 Å². The van der Waals surface area contributed by atoms with E-state index < -0.39 is 10.8 Å². The highest BCUT2D eigenvalue weighted by atomic mass is 32.2. The molecule has 0 bridgehead atoms. The Morgan fingerprint density at radius 2 is 2.24 bits per heavy atom. The summed E-state index contributed by atoms with van der Waals surface area (Å²) in [4.78, 5) is 3.22. The van der Waals surface area contributed by atoms with Crippen LogP contribution in [0, 0.1) is 11.7 Å². The molecule has 0 amide bonds. The van der Waals surface area contributed by atoms with Crippen LogP contribution in [-0.4, -0.2) is 25.3 Å². The molecule has 2 rings (SSSR count). The number of hydrogen-bond donors (Lipinski definition) is 1. The summed E-state index contributed by atoms with van der Waals surface area (Å²) >= 11 is 5.33. The van der Waals surface area contributed by atoms with Gasteiger partial charge in [-0.3, -0.25) is 4.21 Å². The zero-order valence-corrected chi connectivity index (χ0v) is 11.8. The molecular formula is C12H16N2OS2. The van der Waals surface area contributed by atoms with Crippen molar-refractivity contribution < 1.29 is 4.21 Å². The third kappa shape index (κ3) is 2.35. The minimum atomic E-state index is -0.832. The molecular weight excluding hydrogens is 252 g/mol. The maximum absolute atomic E-state index is 11.4. The summed E-state index contributed by atoms with van der Waals surface area (Å²) in [6.45, 7) is 4.72. The predicted octanol–water partition coefficient (Wildman–Crippen LogP) is 2.77. The van der Waals surface area contributed by atoms with Crippen LogP contribution < -0.4 is 0 Å². The third-order valence-electron chi connectivity index (χ3n) is 3.02. The molecule has 0 radical (unpaired) electrons. The number of imidazole rings is 1. The summed E-state index contributed by atoms with van der Waals surface area (Å²) in [6.07, 6.45) is 1.73. The first-order chi connectivity index (χ1) is 8.00. The number of benzene rings is 1. The molecule has 92 valence electrons. The topological polar surface area (TPSA) is 37.8 Å². The number of aryl methyl sites for hydroxylation is 1. The van der Waals surface area contributed by atoms with Crippen molar-refractivity contribution in [3.05, 3.63) is 28.5 Å². The number of H-pyrrole nitrogens is 1. The van der Waals surface area contributed by atoms with E-state index in [1.165, 1.54) is 5.56 Å². The Morgan fingerprint density at radius 3 is 2.88 bits per heavy atom. The lowest BCUT2D eigenvalue weighted by Crippen LogP contribution is -2.17. The molecule has 1 N–H and O–H groups in total. The summed E-state index contributed by atoms with van der Waals surface area (Å²) in [5, 5.41) is 0.0983. The number of para-hydroxylation sites is 1. The van der Waals surface area contributed by atoms with Gasteiger partial charge in [-0.05, 0) is 37.7 Å². The number of aromatic amines is 1. The maximum Gasteiger partial charge on any atom is 0.178 e. The van der Waals surface area contributed by atoms with Gasteiger partial charge in [-0.25, -0.2) is 0 Å². The SMILES string of the molecule is Cc1cccc2c1[nH]c(=S)n2CC(C)S(C)=O. The first-order valence-electron chi connectivity index (χ1n) is 5.51. The van der Waals surface area contributed by atoms with Gasteiger partial charge in [0.1, 0.15) is 0 Å². The van der Waals surface area contributed by atoms with Crippen LogP contribution in [0.2, 0.25) is 0 Å². The number of nitrogens with zero attached hydrogens (tertiary/aromatic N) is 1. The normalized spacial score (nSPS) is 15.0. The van der Waals surface area contributed by atoms with Gasteiger partial charge in [0.05, 0.1) is 11.0 Å². The van der Waals surface area contributed by atoms with Crippen molar-refractivity contribution in [3.63, 3.8) is 0 Å². The molecule has 0 saturated carbocycles. The number of rotatable bonds is 3. The van der Waals surface area contributed by atoms with E-state index in [1.807, 2.05) is 23.6 Å². The second-order valence-corrected chi connectivity index (χ2v) is 6.51. The van der Waals surface area contributed by atoms with E-state index in [2.05, 4.69) is 18.0 Å². The van der Waals surface area contributed by atoms with Crippen LogP contribution in [0.4, 0.5) is 0 Å². The lowest BCUT2D eigenvalue weighted by molar-refractivity contribution is 0.647. The van der Waals surface area contributed by atoms with Crippen molar-refractivity contribution in [2.24, 2.45) is 0 Å². The first-order valence-corrected chi connectivity index (χ1v) is 7.54. The number of hydrogen-bond acceptors (Lipinski definition) is 2. The molecule has 2 unspecified atom stereocenters. The molecule has 0 spiro atoms. The molecule has 5 heteroatoms. The van der Waals surface area contributed by atoms with Gasteiger partial charge >= 0.3 is 0 Å². The largest absolute Gasteiger partial charge is 0.330 e. The van der Waals surface area contributed by atoms with Gasteiger partial charge in [0.15, 0.2) is 4.77 Å². The van der Waals surface area contributed by atoms with Crippen molar-refractivity contribution in [3.8, 4) is 0 Å². The Kier molecular flexibility index (Phi) is 3.49. The molecule has 2 aromatic rings. The van der Waals surface area contributed by atoms with Crippen molar-refractivity contribution in [1.82, 2.24) is 9.55 Å². The highest BCUT2D eigenvalue weighted by Crippen LogP contribution is 2.18. The second kappa shape index (κ2) is 4.74. The van der Waals surface area contributed by atoms with Gasteiger partial charge in [-0.1, -0.05) is 12.1 Å². The molecule has 0 fully saturated rings. The van der Waals surface area contributed by atoms with Crippen molar-refractivity contribution in [2.75, 3.05) is 6.26 Å². The van der Waals surface area contributed by atoms with Crippen molar-refractivity contribution in [2.45, 2.75) is 25.6 Å². The van der Waals surface area contributed by atoms with Gasteiger partial charge in [0.2, 0.25) is 0 Å². The molecule has 0 saturated heterocycles. The van der Waals surface area contributed by atoms with E-state index in [-0.39, 0.29) is 5.25 Å². The van der Waals surface area contributed by atoms with E-state index in [0.717, 1.165) is 11.0 Å². The highest BCUT2D eigenvalue weighted by molar-refractivity contribution is 7.84. The molecule has 0 aliphatic rings. The Labute approximate surface area is 108 Å². The smallest absolute Gasteiger partial charge is 0.178 e. The van der Waals surface area contributed by atoms with Crippen LogP contribution in [0.15, 0.2) is 18.2 Å². The molecule has 1 aromatic carbocycles. The minimum Gasteiger partial charge on any atom is -0.330 e. The lowest BCUT2D eigenvalue weighted by atomic mass is 10.2. The third-order valence-corrected chi connectivity index (χ3v) is 4.63. The van der Waals surface area contributed by atoms with Crippen molar-refractivity contribution in [1.29, 1.82) is 0 Å². The Balaban J connectivity index is 2.54. The zero-order chi connectivity index (χ0) is 12.6. The number of nitrogens with one attached hydrogen (secondary N) is 1.